The van der Waals surface area contributed by atoms with Crippen molar-refractivity contribution in [1.29, 1.82) is 0 Å². The van der Waals surface area contributed by atoms with Gasteiger partial charge in [0, 0.05) is 39.0 Å². The Hall–Kier alpha value is -2.29. The second-order valence-electron chi connectivity index (χ2n) is 7.65. The third-order valence-electron chi connectivity index (χ3n) is 5.55. The summed E-state index contributed by atoms with van der Waals surface area (Å²) in [5.41, 5.74) is 2.22. The molecule has 1 aliphatic rings. The first-order chi connectivity index (χ1) is 14.7. The standard InChI is InChI=1S/C24H31N5O.HI/c1-3-25-24(26-15-18-29-19(2)27-22-11-7-8-12-23(22)29)28-16-13-21(14-17-28)30-20-9-5-4-6-10-20;/h4-12,21H,3,13-18H2,1-2H3,(H,25,26);1H. The van der Waals surface area contributed by atoms with Crippen molar-refractivity contribution in [1.82, 2.24) is 19.8 Å². The second kappa shape index (κ2) is 11.4. The van der Waals surface area contributed by atoms with Crippen molar-refractivity contribution in [3.63, 3.8) is 0 Å². The van der Waals surface area contributed by atoms with Gasteiger partial charge in [-0.05, 0) is 38.1 Å². The van der Waals surface area contributed by atoms with Crippen molar-refractivity contribution in [2.24, 2.45) is 4.99 Å². The number of hydrogen-bond donors (Lipinski definition) is 1. The molecule has 4 rings (SSSR count). The van der Waals surface area contributed by atoms with Crippen LogP contribution >= 0.6 is 24.0 Å². The average molecular weight is 533 g/mol. The number of benzene rings is 2. The molecule has 7 heteroatoms. The normalized spacial score (nSPS) is 15.0. The summed E-state index contributed by atoms with van der Waals surface area (Å²) >= 11 is 0. The Morgan fingerprint density at radius 2 is 1.81 bits per heavy atom. The number of fused-ring (bicyclic) bond motifs is 1. The molecule has 2 heterocycles. The highest BCUT2D eigenvalue weighted by Crippen LogP contribution is 2.19. The minimum absolute atomic E-state index is 0. The number of hydrogen-bond acceptors (Lipinski definition) is 3. The number of rotatable bonds is 6. The molecule has 1 aromatic heterocycles. The number of aromatic nitrogens is 2. The molecule has 1 fully saturated rings. The number of halogens is 1. The Bertz CT molecular complexity index is 980. The Morgan fingerprint density at radius 3 is 2.55 bits per heavy atom. The van der Waals surface area contributed by atoms with Crippen molar-refractivity contribution in [3.05, 3.63) is 60.4 Å². The van der Waals surface area contributed by atoms with Crippen LogP contribution in [0.25, 0.3) is 11.0 Å². The van der Waals surface area contributed by atoms with Gasteiger partial charge in [0.1, 0.15) is 17.7 Å². The lowest BCUT2D eigenvalue weighted by Gasteiger charge is -2.34. The van der Waals surface area contributed by atoms with Crippen LogP contribution in [0.4, 0.5) is 0 Å². The summed E-state index contributed by atoms with van der Waals surface area (Å²) in [6.07, 6.45) is 2.28. The molecular formula is C24H32IN5O. The van der Waals surface area contributed by atoms with E-state index >= 15 is 0 Å². The van der Waals surface area contributed by atoms with E-state index < -0.39 is 0 Å². The van der Waals surface area contributed by atoms with Gasteiger partial charge in [-0.1, -0.05) is 30.3 Å². The first-order valence-electron chi connectivity index (χ1n) is 10.9. The summed E-state index contributed by atoms with van der Waals surface area (Å²) in [4.78, 5) is 11.9. The van der Waals surface area contributed by atoms with E-state index in [2.05, 4.69) is 51.8 Å². The maximum atomic E-state index is 6.13. The van der Waals surface area contributed by atoms with Gasteiger partial charge in [0.05, 0.1) is 17.6 Å². The number of ether oxygens (including phenoxy) is 1. The van der Waals surface area contributed by atoms with Gasteiger partial charge in [0.15, 0.2) is 5.96 Å². The van der Waals surface area contributed by atoms with Crippen molar-refractivity contribution in [2.45, 2.75) is 39.3 Å². The maximum Gasteiger partial charge on any atom is 0.193 e. The topological polar surface area (TPSA) is 54.7 Å². The summed E-state index contributed by atoms with van der Waals surface area (Å²) in [7, 11) is 0. The highest BCUT2D eigenvalue weighted by atomic mass is 127. The van der Waals surface area contributed by atoms with Crippen LogP contribution in [0.15, 0.2) is 59.6 Å². The Kier molecular flexibility index (Phi) is 8.57. The molecule has 1 saturated heterocycles. The highest BCUT2D eigenvalue weighted by molar-refractivity contribution is 14.0. The fourth-order valence-corrected chi connectivity index (χ4v) is 4.04. The molecule has 0 radical (unpaired) electrons. The van der Waals surface area contributed by atoms with E-state index in [1.165, 1.54) is 5.52 Å². The lowest BCUT2D eigenvalue weighted by molar-refractivity contribution is 0.129. The number of aliphatic imine (C=N–C) groups is 1. The number of guanidine groups is 1. The molecule has 2 aromatic carbocycles. The van der Waals surface area contributed by atoms with E-state index in [0.29, 0.717) is 0 Å². The Labute approximate surface area is 201 Å². The van der Waals surface area contributed by atoms with Crippen LogP contribution in [0.2, 0.25) is 0 Å². The number of piperidine rings is 1. The third kappa shape index (κ3) is 5.90. The molecule has 1 aliphatic heterocycles. The van der Waals surface area contributed by atoms with Crippen LogP contribution in [-0.2, 0) is 6.54 Å². The number of nitrogens with zero attached hydrogens (tertiary/aromatic N) is 4. The zero-order valence-electron chi connectivity index (χ0n) is 18.3. The van der Waals surface area contributed by atoms with E-state index in [4.69, 9.17) is 9.73 Å². The minimum atomic E-state index is 0. The van der Waals surface area contributed by atoms with E-state index in [1.54, 1.807) is 0 Å². The van der Waals surface area contributed by atoms with Gasteiger partial charge in [-0.3, -0.25) is 4.99 Å². The summed E-state index contributed by atoms with van der Waals surface area (Å²) in [5, 5.41) is 3.46. The van der Waals surface area contributed by atoms with Gasteiger partial charge in [0.25, 0.3) is 0 Å². The highest BCUT2D eigenvalue weighted by Gasteiger charge is 2.22. The summed E-state index contributed by atoms with van der Waals surface area (Å²) in [5.74, 6) is 2.99. The smallest absolute Gasteiger partial charge is 0.193 e. The zero-order chi connectivity index (χ0) is 20.8. The molecular weight excluding hydrogens is 501 g/mol. The molecule has 1 N–H and O–H groups in total. The van der Waals surface area contributed by atoms with Gasteiger partial charge in [-0.2, -0.15) is 0 Å². The van der Waals surface area contributed by atoms with Crippen LogP contribution < -0.4 is 10.1 Å². The van der Waals surface area contributed by atoms with Crippen LogP contribution in [-0.4, -0.2) is 52.7 Å². The van der Waals surface area contributed by atoms with Crippen LogP contribution in [0.5, 0.6) is 5.75 Å². The van der Waals surface area contributed by atoms with Gasteiger partial charge in [0.2, 0.25) is 0 Å². The van der Waals surface area contributed by atoms with Crippen molar-refractivity contribution < 1.29 is 4.74 Å². The van der Waals surface area contributed by atoms with E-state index in [1.807, 2.05) is 36.4 Å². The summed E-state index contributed by atoms with van der Waals surface area (Å²) < 4.78 is 8.38. The van der Waals surface area contributed by atoms with E-state index in [-0.39, 0.29) is 30.1 Å². The molecule has 0 atom stereocenters. The minimum Gasteiger partial charge on any atom is -0.490 e. The number of para-hydroxylation sites is 3. The molecule has 31 heavy (non-hydrogen) atoms. The first-order valence-corrected chi connectivity index (χ1v) is 10.9. The molecule has 0 saturated carbocycles. The van der Waals surface area contributed by atoms with E-state index in [0.717, 1.165) is 68.6 Å². The van der Waals surface area contributed by atoms with Crippen LogP contribution in [0.3, 0.4) is 0 Å². The monoisotopic (exact) mass is 533 g/mol. The summed E-state index contributed by atoms with van der Waals surface area (Å²) in [6.45, 7) is 8.51. The van der Waals surface area contributed by atoms with Crippen LogP contribution in [0.1, 0.15) is 25.6 Å². The first kappa shape index (κ1) is 23.4. The largest absolute Gasteiger partial charge is 0.490 e. The van der Waals surface area contributed by atoms with Crippen molar-refractivity contribution in [2.75, 3.05) is 26.2 Å². The zero-order valence-corrected chi connectivity index (χ0v) is 20.7. The van der Waals surface area contributed by atoms with Gasteiger partial charge in [-0.15, -0.1) is 24.0 Å². The van der Waals surface area contributed by atoms with Gasteiger partial charge < -0.3 is 19.5 Å². The van der Waals surface area contributed by atoms with Gasteiger partial charge in [-0.25, -0.2) is 4.98 Å². The summed E-state index contributed by atoms with van der Waals surface area (Å²) in [6, 6.07) is 18.4. The fourth-order valence-electron chi connectivity index (χ4n) is 4.04. The lowest BCUT2D eigenvalue weighted by atomic mass is 10.1. The molecule has 0 bridgehead atoms. The molecule has 0 spiro atoms. The van der Waals surface area contributed by atoms with Crippen molar-refractivity contribution >= 4 is 41.0 Å². The van der Waals surface area contributed by atoms with Gasteiger partial charge >= 0.3 is 0 Å². The van der Waals surface area contributed by atoms with Crippen LogP contribution in [0, 0.1) is 6.92 Å². The second-order valence-corrected chi connectivity index (χ2v) is 7.65. The molecule has 166 valence electrons. The molecule has 3 aromatic rings. The quantitative estimate of drug-likeness (QED) is 0.289. The number of aryl methyl sites for hydroxylation is 1. The molecule has 0 amide bonds. The lowest BCUT2D eigenvalue weighted by Crippen LogP contribution is -2.47. The SMILES string of the molecule is CCNC(=NCCn1c(C)nc2ccccc21)N1CCC(Oc2ccccc2)CC1.I. The average Bonchev–Trinajstić information content (AvgIpc) is 3.10. The fraction of sp³-hybridized carbons (Fsp3) is 0.417. The Balaban J connectivity index is 0.00000272. The third-order valence-corrected chi connectivity index (χ3v) is 5.55. The molecule has 6 nitrogen and oxygen atoms in total. The van der Waals surface area contributed by atoms with E-state index in [9.17, 15) is 0 Å². The number of imidazole rings is 1. The van der Waals surface area contributed by atoms with Crippen molar-refractivity contribution in [3.8, 4) is 5.75 Å². The number of likely N-dealkylation sites (tertiary alicyclic amines) is 1. The molecule has 0 unspecified atom stereocenters. The number of nitrogens with one attached hydrogen (secondary N) is 1. The Morgan fingerprint density at radius 1 is 1.10 bits per heavy atom. The predicted octanol–water partition coefficient (Wildman–Crippen LogP) is 4.47. The molecule has 0 aliphatic carbocycles. The predicted molar refractivity (Wildman–Crippen MR) is 138 cm³/mol. The maximum absolute atomic E-state index is 6.13.